The van der Waals surface area contributed by atoms with Crippen LogP contribution in [0.5, 0.6) is 0 Å². The predicted molar refractivity (Wildman–Crippen MR) is 72.6 cm³/mol. The van der Waals surface area contributed by atoms with E-state index >= 15 is 0 Å². The first-order valence-corrected chi connectivity index (χ1v) is 6.90. The zero-order valence-electron chi connectivity index (χ0n) is 11.1. The molecule has 0 bridgehead atoms. The molecule has 17 heavy (non-hydrogen) atoms. The van der Waals surface area contributed by atoms with E-state index in [-0.39, 0.29) is 12.1 Å². The molecule has 2 atom stereocenters. The fourth-order valence-electron chi connectivity index (χ4n) is 1.46. The molecule has 1 heterocycles. The summed E-state index contributed by atoms with van der Waals surface area (Å²) in [5.74, 6) is 0. The van der Waals surface area contributed by atoms with Crippen molar-refractivity contribution in [3.63, 3.8) is 0 Å². The number of aliphatic hydroxyl groups is 1. The molecule has 0 fully saturated rings. The van der Waals surface area contributed by atoms with Gasteiger partial charge in [-0.15, -0.1) is 11.3 Å². The van der Waals surface area contributed by atoms with Gasteiger partial charge in [-0.25, -0.2) is 0 Å². The number of hydrogen-bond acceptors (Lipinski definition) is 4. The summed E-state index contributed by atoms with van der Waals surface area (Å²) in [6, 6.07) is 4.54. The molecule has 4 heteroatoms. The monoisotopic (exact) mass is 257 g/mol. The first-order valence-electron chi connectivity index (χ1n) is 6.08. The summed E-state index contributed by atoms with van der Waals surface area (Å²) in [5, 5.41) is 13.0. The Hall–Kier alpha value is -0.420. The van der Waals surface area contributed by atoms with E-state index in [4.69, 9.17) is 4.74 Å². The van der Waals surface area contributed by atoms with Crippen molar-refractivity contribution >= 4 is 11.3 Å². The van der Waals surface area contributed by atoms with Crippen LogP contribution in [-0.4, -0.2) is 30.5 Å². The Kier molecular flexibility index (Phi) is 6.12. The standard InChI is InChI=1S/C13H23NO2S/c1-9(2)16-8-12(15)7-14-11(4)13-6-5-10(3)17-13/h5-6,9,11-12,14-15H,7-8H2,1-4H3. The van der Waals surface area contributed by atoms with Gasteiger partial charge in [0, 0.05) is 22.3 Å². The van der Waals surface area contributed by atoms with E-state index in [2.05, 4.69) is 31.3 Å². The molecule has 0 amide bonds. The Morgan fingerprint density at radius 3 is 2.59 bits per heavy atom. The molecule has 0 aliphatic heterocycles. The van der Waals surface area contributed by atoms with Crippen molar-refractivity contribution in [1.29, 1.82) is 0 Å². The van der Waals surface area contributed by atoms with Crippen molar-refractivity contribution in [2.24, 2.45) is 0 Å². The highest BCUT2D eigenvalue weighted by Gasteiger charge is 2.10. The Balaban J connectivity index is 2.25. The Labute approximate surface area is 108 Å². The van der Waals surface area contributed by atoms with Crippen LogP contribution in [-0.2, 0) is 4.74 Å². The van der Waals surface area contributed by atoms with Crippen molar-refractivity contribution in [1.82, 2.24) is 5.32 Å². The minimum atomic E-state index is -0.444. The number of aliphatic hydroxyl groups excluding tert-OH is 1. The zero-order chi connectivity index (χ0) is 12.8. The Bertz CT molecular complexity index is 325. The van der Waals surface area contributed by atoms with Crippen molar-refractivity contribution in [2.75, 3.05) is 13.2 Å². The molecule has 0 spiro atoms. The molecule has 3 nitrogen and oxygen atoms in total. The van der Waals surface area contributed by atoms with Crippen molar-refractivity contribution < 1.29 is 9.84 Å². The second-order valence-corrected chi connectivity index (χ2v) is 5.93. The maximum Gasteiger partial charge on any atom is 0.0898 e. The zero-order valence-corrected chi connectivity index (χ0v) is 11.9. The highest BCUT2D eigenvalue weighted by molar-refractivity contribution is 7.12. The number of hydrogen-bond donors (Lipinski definition) is 2. The predicted octanol–water partition coefficient (Wildman–Crippen LogP) is 2.49. The largest absolute Gasteiger partial charge is 0.389 e. The summed E-state index contributed by atoms with van der Waals surface area (Å²) in [4.78, 5) is 2.62. The number of ether oxygens (including phenoxy) is 1. The van der Waals surface area contributed by atoms with Crippen LogP contribution in [0.2, 0.25) is 0 Å². The van der Waals surface area contributed by atoms with Gasteiger partial charge in [0.1, 0.15) is 0 Å². The summed E-state index contributed by atoms with van der Waals surface area (Å²) in [6.07, 6.45) is -0.275. The molecule has 0 radical (unpaired) electrons. The van der Waals surface area contributed by atoms with Gasteiger partial charge in [0.05, 0.1) is 18.8 Å². The van der Waals surface area contributed by atoms with E-state index in [1.54, 1.807) is 11.3 Å². The van der Waals surface area contributed by atoms with Crippen LogP contribution in [0, 0.1) is 6.92 Å². The fraction of sp³-hybridized carbons (Fsp3) is 0.692. The summed E-state index contributed by atoms with van der Waals surface area (Å²) in [7, 11) is 0. The minimum absolute atomic E-state index is 0.169. The van der Waals surface area contributed by atoms with Gasteiger partial charge in [-0.2, -0.15) is 0 Å². The van der Waals surface area contributed by atoms with Crippen LogP contribution < -0.4 is 5.32 Å². The van der Waals surface area contributed by atoms with E-state index in [1.165, 1.54) is 9.75 Å². The highest BCUT2D eigenvalue weighted by atomic mass is 32.1. The third-order valence-electron chi connectivity index (χ3n) is 2.47. The Morgan fingerprint density at radius 1 is 1.35 bits per heavy atom. The van der Waals surface area contributed by atoms with Crippen LogP contribution in [0.1, 0.15) is 36.6 Å². The van der Waals surface area contributed by atoms with Crippen molar-refractivity contribution in [3.05, 3.63) is 21.9 Å². The van der Waals surface area contributed by atoms with Crippen LogP contribution in [0.4, 0.5) is 0 Å². The normalized spacial score (nSPS) is 15.2. The van der Waals surface area contributed by atoms with Gasteiger partial charge < -0.3 is 15.2 Å². The summed E-state index contributed by atoms with van der Waals surface area (Å²) in [5.41, 5.74) is 0. The quantitative estimate of drug-likeness (QED) is 0.788. The van der Waals surface area contributed by atoms with Crippen LogP contribution >= 0.6 is 11.3 Å². The minimum Gasteiger partial charge on any atom is -0.389 e. The van der Waals surface area contributed by atoms with Gasteiger partial charge in [-0.05, 0) is 39.8 Å². The average molecular weight is 257 g/mol. The average Bonchev–Trinajstić information content (AvgIpc) is 2.70. The van der Waals surface area contributed by atoms with Crippen LogP contribution in [0.3, 0.4) is 0 Å². The van der Waals surface area contributed by atoms with Gasteiger partial charge in [0.2, 0.25) is 0 Å². The number of nitrogens with one attached hydrogen (secondary N) is 1. The maximum absolute atomic E-state index is 9.71. The van der Waals surface area contributed by atoms with Gasteiger partial charge >= 0.3 is 0 Å². The molecule has 1 aromatic rings. The molecular weight excluding hydrogens is 234 g/mol. The highest BCUT2D eigenvalue weighted by Crippen LogP contribution is 2.21. The number of thiophene rings is 1. The molecule has 98 valence electrons. The van der Waals surface area contributed by atoms with Gasteiger partial charge in [-0.1, -0.05) is 0 Å². The van der Waals surface area contributed by atoms with Crippen LogP contribution in [0.25, 0.3) is 0 Å². The lowest BCUT2D eigenvalue weighted by atomic mass is 10.2. The third-order valence-corrected chi connectivity index (χ3v) is 3.65. The second kappa shape index (κ2) is 7.11. The molecule has 1 rings (SSSR count). The first kappa shape index (κ1) is 14.6. The SMILES string of the molecule is Cc1ccc(C(C)NCC(O)COC(C)C)s1. The second-order valence-electron chi connectivity index (χ2n) is 4.61. The maximum atomic E-state index is 9.71. The topological polar surface area (TPSA) is 41.5 Å². The van der Waals surface area contributed by atoms with Crippen molar-refractivity contribution in [2.45, 2.75) is 45.9 Å². The van der Waals surface area contributed by atoms with E-state index < -0.39 is 6.10 Å². The van der Waals surface area contributed by atoms with E-state index in [9.17, 15) is 5.11 Å². The molecule has 1 aromatic heterocycles. The molecule has 0 aliphatic rings. The lowest BCUT2D eigenvalue weighted by Gasteiger charge is -2.17. The third kappa shape index (κ3) is 5.64. The lowest BCUT2D eigenvalue weighted by molar-refractivity contribution is 0.00564. The molecule has 0 aliphatic carbocycles. The molecule has 0 saturated heterocycles. The summed E-state index contributed by atoms with van der Waals surface area (Å²) < 4.78 is 5.36. The van der Waals surface area contributed by atoms with Crippen LogP contribution in [0.15, 0.2) is 12.1 Å². The van der Waals surface area contributed by atoms with Gasteiger partial charge in [0.15, 0.2) is 0 Å². The molecule has 0 saturated carbocycles. The fourth-order valence-corrected chi connectivity index (χ4v) is 2.37. The molecular formula is C13H23NO2S. The first-order chi connectivity index (χ1) is 7.99. The van der Waals surface area contributed by atoms with Gasteiger partial charge in [0.25, 0.3) is 0 Å². The molecule has 2 N–H and O–H groups in total. The van der Waals surface area contributed by atoms with Gasteiger partial charge in [-0.3, -0.25) is 0 Å². The van der Waals surface area contributed by atoms with Crippen molar-refractivity contribution in [3.8, 4) is 0 Å². The number of rotatable bonds is 7. The number of aryl methyl sites for hydroxylation is 1. The summed E-state index contributed by atoms with van der Waals surface area (Å²) in [6.45, 7) is 9.10. The molecule has 2 unspecified atom stereocenters. The van der Waals surface area contributed by atoms with E-state index in [1.807, 2.05) is 13.8 Å². The van der Waals surface area contributed by atoms with E-state index in [0.29, 0.717) is 13.2 Å². The Morgan fingerprint density at radius 2 is 2.06 bits per heavy atom. The lowest BCUT2D eigenvalue weighted by Crippen LogP contribution is -2.32. The smallest absolute Gasteiger partial charge is 0.0898 e. The molecule has 0 aromatic carbocycles. The summed E-state index contributed by atoms with van der Waals surface area (Å²) >= 11 is 1.79. The van der Waals surface area contributed by atoms with E-state index in [0.717, 1.165) is 0 Å².